The van der Waals surface area contributed by atoms with Crippen molar-refractivity contribution in [1.82, 2.24) is 19.9 Å². The quantitative estimate of drug-likeness (QED) is 0.432. The molecule has 0 aliphatic rings. The van der Waals surface area contributed by atoms with Crippen molar-refractivity contribution in [3.05, 3.63) is 73.7 Å². The predicted octanol–water partition coefficient (Wildman–Crippen LogP) is 3.52. The Balaban J connectivity index is 1.50. The Morgan fingerprint density at radius 3 is 2.83 bits per heavy atom. The molecule has 0 saturated carbocycles. The number of phenolic OH excluding ortho intramolecular Hbond substituents is 1. The van der Waals surface area contributed by atoms with E-state index in [0.717, 1.165) is 10.0 Å². The van der Waals surface area contributed by atoms with Gasteiger partial charge in [0.25, 0.3) is 5.56 Å². The van der Waals surface area contributed by atoms with Gasteiger partial charge in [0, 0.05) is 10.7 Å². The average molecular weight is 471 g/mol. The maximum Gasteiger partial charge on any atom is 0.279 e. The molecule has 2 N–H and O–H groups in total. The van der Waals surface area contributed by atoms with Crippen LogP contribution in [0.5, 0.6) is 5.75 Å². The number of hydrogen-bond donors (Lipinski definition) is 2. The minimum Gasteiger partial charge on any atom is -0.508 e. The van der Waals surface area contributed by atoms with Gasteiger partial charge >= 0.3 is 0 Å². The van der Waals surface area contributed by atoms with E-state index in [1.54, 1.807) is 49.5 Å². The fourth-order valence-corrected chi connectivity index (χ4v) is 3.64. The second-order valence-corrected chi connectivity index (χ2v) is 8.08. The van der Waals surface area contributed by atoms with E-state index in [0.29, 0.717) is 33.4 Å². The average Bonchev–Trinajstić information content (AvgIpc) is 3.16. The Hall–Kier alpha value is -3.11. The van der Waals surface area contributed by atoms with E-state index in [1.165, 1.54) is 16.0 Å². The normalized spacial score (nSPS) is 11.4. The highest BCUT2D eigenvalue weighted by atomic mass is 79.9. The first kappa shape index (κ1) is 19.2. The Bertz CT molecular complexity index is 1270. The first-order chi connectivity index (χ1) is 14.0. The van der Waals surface area contributed by atoms with Crippen molar-refractivity contribution < 1.29 is 5.11 Å². The number of hydrogen-bond acceptors (Lipinski definition) is 8. The third-order valence-electron chi connectivity index (χ3n) is 4.06. The number of phenols is 1. The maximum atomic E-state index is 12.8. The lowest BCUT2D eigenvalue weighted by molar-refractivity contribution is 0.475. The molecule has 0 amide bonds. The lowest BCUT2D eigenvalue weighted by Gasteiger charge is -2.12. The Kier molecular flexibility index (Phi) is 5.36. The Labute approximate surface area is 177 Å². The van der Waals surface area contributed by atoms with E-state index in [4.69, 9.17) is 0 Å². The number of aliphatic imine (C=N–C) groups is 1. The molecule has 10 heteroatoms. The Morgan fingerprint density at radius 2 is 2.03 bits per heavy atom. The van der Waals surface area contributed by atoms with Crippen LogP contribution in [0, 0.1) is 6.92 Å². The SMILES string of the molecule is Cc1nc2ccc(Br)cc2c(=O)n1NCc1nnc(/N=C/c2ccc(O)cc2)s1. The summed E-state index contributed by atoms with van der Waals surface area (Å²) in [5, 5.41) is 19.2. The molecule has 146 valence electrons. The maximum absolute atomic E-state index is 12.8. The van der Waals surface area contributed by atoms with Crippen LogP contribution in [0.2, 0.25) is 0 Å². The van der Waals surface area contributed by atoms with E-state index >= 15 is 0 Å². The fraction of sp³-hybridized carbons (Fsp3) is 0.105. The van der Waals surface area contributed by atoms with E-state index in [-0.39, 0.29) is 11.3 Å². The number of nitrogens with zero attached hydrogens (tertiary/aromatic N) is 5. The summed E-state index contributed by atoms with van der Waals surface area (Å²) in [6.07, 6.45) is 1.65. The van der Waals surface area contributed by atoms with Crippen LogP contribution in [-0.4, -0.2) is 31.2 Å². The summed E-state index contributed by atoms with van der Waals surface area (Å²) >= 11 is 4.70. The van der Waals surface area contributed by atoms with Crippen molar-refractivity contribution >= 4 is 49.5 Å². The molecule has 0 fully saturated rings. The van der Waals surface area contributed by atoms with Crippen LogP contribution in [0.1, 0.15) is 16.4 Å². The molecule has 0 bridgehead atoms. The molecule has 0 spiro atoms. The summed E-state index contributed by atoms with van der Waals surface area (Å²) in [5.74, 6) is 0.757. The zero-order valence-corrected chi connectivity index (χ0v) is 17.6. The zero-order chi connectivity index (χ0) is 20.4. The number of nitrogens with one attached hydrogen (secondary N) is 1. The molecule has 2 aromatic carbocycles. The number of benzene rings is 2. The smallest absolute Gasteiger partial charge is 0.279 e. The molecule has 0 radical (unpaired) electrons. The molecule has 29 heavy (non-hydrogen) atoms. The third kappa shape index (κ3) is 4.33. The molecule has 0 saturated heterocycles. The van der Waals surface area contributed by atoms with Gasteiger partial charge in [0.1, 0.15) is 16.6 Å². The molecule has 0 aliphatic carbocycles. The van der Waals surface area contributed by atoms with E-state index in [2.05, 4.69) is 41.5 Å². The molecule has 4 aromatic rings. The lowest BCUT2D eigenvalue weighted by Crippen LogP contribution is -2.31. The van der Waals surface area contributed by atoms with Crippen molar-refractivity contribution in [2.75, 3.05) is 5.43 Å². The molecule has 0 aliphatic heterocycles. The summed E-state index contributed by atoms with van der Waals surface area (Å²) in [5.41, 5.74) is 4.37. The van der Waals surface area contributed by atoms with Crippen molar-refractivity contribution in [3.63, 3.8) is 0 Å². The number of fused-ring (bicyclic) bond motifs is 1. The van der Waals surface area contributed by atoms with Crippen LogP contribution in [-0.2, 0) is 6.54 Å². The van der Waals surface area contributed by atoms with Crippen LogP contribution in [0.25, 0.3) is 10.9 Å². The number of halogens is 1. The first-order valence-corrected chi connectivity index (χ1v) is 10.2. The van der Waals surface area contributed by atoms with Crippen molar-refractivity contribution in [3.8, 4) is 5.75 Å². The number of aromatic nitrogens is 4. The highest BCUT2D eigenvalue weighted by Crippen LogP contribution is 2.19. The first-order valence-electron chi connectivity index (χ1n) is 8.58. The largest absolute Gasteiger partial charge is 0.508 e. The van der Waals surface area contributed by atoms with Crippen molar-refractivity contribution in [1.29, 1.82) is 0 Å². The summed E-state index contributed by atoms with van der Waals surface area (Å²) in [6, 6.07) is 12.1. The summed E-state index contributed by atoms with van der Waals surface area (Å²) in [6.45, 7) is 2.08. The monoisotopic (exact) mass is 470 g/mol. The second-order valence-electron chi connectivity index (χ2n) is 6.12. The molecular weight excluding hydrogens is 456 g/mol. The van der Waals surface area contributed by atoms with Gasteiger partial charge in [-0.3, -0.25) is 4.79 Å². The highest BCUT2D eigenvalue weighted by molar-refractivity contribution is 9.10. The predicted molar refractivity (Wildman–Crippen MR) is 117 cm³/mol. The molecular formula is C19H15BrN6O2S. The molecule has 4 rings (SSSR count). The van der Waals surface area contributed by atoms with Crippen molar-refractivity contribution in [2.45, 2.75) is 13.5 Å². The number of aromatic hydroxyl groups is 1. The van der Waals surface area contributed by atoms with Gasteiger partial charge in [-0.15, -0.1) is 10.2 Å². The summed E-state index contributed by atoms with van der Waals surface area (Å²) in [4.78, 5) is 21.5. The van der Waals surface area contributed by atoms with Crippen LogP contribution < -0.4 is 11.0 Å². The topological polar surface area (TPSA) is 105 Å². The van der Waals surface area contributed by atoms with Gasteiger partial charge in [-0.2, -0.15) is 0 Å². The highest BCUT2D eigenvalue weighted by Gasteiger charge is 2.10. The van der Waals surface area contributed by atoms with Crippen LogP contribution in [0.15, 0.2) is 56.7 Å². The second kappa shape index (κ2) is 8.10. The van der Waals surface area contributed by atoms with E-state index < -0.39 is 0 Å². The minimum atomic E-state index is -0.177. The molecule has 0 atom stereocenters. The molecule has 0 unspecified atom stereocenters. The summed E-state index contributed by atoms with van der Waals surface area (Å²) < 4.78 is 2.23. The minimum absolute atomic E-state index is 0.177. The van der Waals surface area contributed by atoms with Gasteiger partial charge in [0.05, 0.1) is 17.4 Å². The van der Waals surface area contributed by atoms with Crippen molar-refractivity contribution in [2.24, 2.45) is 4.99 Å². The molecule has 2 heterocycles. The number of aryl methyl sites for hydroxylation is 1. The molecule has 2 aromatic heterocycles. The van der Waals surface area contributed by atoms with Crippen LogP contribution in [0.3, 0.4) is 0 Å². The van der Waals surface area contributed by atoms with Crippen LogP contribution >= 0.6 is 27.3 Å². The standard InChI is InChI=1S/C19H15BrN6O2S/c1-11-23-16-7-4-13(20)8-15(16)18(28)26(11)22-10-17-24-25-19(29-17)21-9-12-2-5-14(27)6-3-12/h2-9,22,27H,10H2,1H3/b21-9+. The molecule has 8 nitrogen and oxygen atoms in total. The van der Waals surface area contributed by atoms with Gasteiger partial charge in [0.2, 0.25) is 5.13 Å². The van der Waals surface area contributed by atoms with Gasteiger partial charge in [-0.1, -0.05) is 27.3 Å². The zero-order valence-electron chi connectivity index (χ0n) is 15.2. The van der Waals surface area contributed by atoms with E-state index in [9.17, 15) is 9.90 Å². The third-order valence-corrected chi connectivity index (χ3v) is 5.38. The summed E-state index contributed by atoms with van der Waals surface area (Å²) in [7, 11) is 0. The fourth-order valence-electron chi connectivity index (χ4n) is 2.66. The van der Waals surface area contributed by atoms with Gasteiger partial charge in [0.15, 0.2) is 0 Å². The lowest BCUT2D eigenvalue weighted by atomic mass is 10.2. The Morgan fingerprint density at radius 1 is 1.24 bits per heavy atom. The van der Waals surface area contributed by atoms with Gasteiger partial charge < -0.3 is 10.5 Å². The van der Waals surface area contributed by atoms with Gasteiger partial charge in [-0.25, -0.2) is 14.7 Å². The van der Waals surface area contributed by atoms with Gasteiger partial charge in [-0.05, 0) is 55.0 Å². The van der Waals surface area contributed by atoms with Crippen LogP contribution in [0.4, 0.5) is 5.13 Å². The number of rotatable bonds is 5. The van der Waals surface area contributed by atoms with E-state index in [1.807, 2.05) is 6.07 Å².